The average Bonchev–Trinajstić information content (AvgIpc) is 3.58. The van der Waals surface area contributed by atoms with Gasteiger partial charge in [0.25, 0.3) is 5.91 Å². The number of ether oxygens (including phenoxy) is 1. The van der Waals surface area contributed by atoms with E-state index in [4.69, 9.17) is 20.4 Å². The number of imidazole rings is 1. The van der Waals surface area contributed by atoms with Crippen LogP contribution in [-0.4, -0.2) is 61.6 Å². The summed E-state index contributed by atoms with van der Waals surface area (Å²) in [5.41, 5.74) is 11.5. The van der Waals surface area contributed by atoms with Crippen molar-refractivity contribution in [3.63, 3.8) is 0 Å². The lowest BCUT2D eigenvalue weighted by Crippen LogP contribution is -3.07. The topological polar surface area (TPSA) is 120 Å². The van der Waals surface area contributed by atoms with Crippen LogP contribution >= 0.6 is 0 Å². The molecular formula is C39H43N7O3. The maximum atomic E-state index is 13.9. The molecule has 3 aromatic heterocycles. The Hall–Kier alpha value is -3.92. The third-order valence-corrected chi connectivity index (χ3v) is 15.4. The minimum atomic E-state index is -0.147. The second-order valence-electron chi connectivity index (χ2n) is 17.1. The smallest absolute Gasteiger partial charge is 0.254 e. The average molecular weight is 658 g/mol. The highest BCUT2D eigenvalue weighted by Gasteiger charge is 3.06. The molecule has 4 atom stereocenters. The van der Waals surface area contributed by atoms with Crippen molar-refractivity contribution >= 4 is 33.9 Å². The molecule has 0 unspecified atom stereocenters. The Balaban J connectivity index is 0.893. The molecule has 2 bridgehead atoms. The number of methoxy groups -OCH3 is 1. The largest absolute Gasteiger partial charge is 0.494 e. The van der Waals surface area contributed by atoms with Crippen LogP contribution in [0.3, 0.4) is 0 Å². The van der Waals surface area contributed by atoms with Crippen molar-refractivity contribution in [2.24, 2.45) is 71.5 Å². The molecule has 9 aliphatic rings. The molecule has 13 rings (SSSR count). The number of benzene rings is 1. The molecule has 49 heavy (non-hydrogen) atoms. The van der Waals surface area contributed by atoms with Crippen molar-refractivity contribution in [3.05, 3.63) is 41.6 Å². The number of pyridine rings is 1. The second kappa shape index (κ2) is 8.86. The van der Waals surface area contributed by atoms with Gasteiger partial charge in [-0.05, 0) is 123 Å². The summed E-state index contributed by atoms with van der Waals surface area (Å²) in [6.07, 6.45) is 5.54. The summed E-state index contributed by atoms with van der Waals surface area (Å²) < 4.78 is 10.3. The molecule has 2 amide bonds. The zero-order valence-electron chi connectivity index (χ0n) is 28.3. The first-order valence-corrected chi connectivity index (χ1v) is 18.7. The summed E-state index contributed by atoms with van der Waals surface area (Å²) >= 11 is 0. The van der Waals surface area contributed by atoms with Crippen LogP contribution < -0.4 is 15.8 Å². The molecule has 1 aliphatic heterocycles. The van der Waals surface area contributed by atoms with Crippen molar-refractivity contribution in [2.45, 2.75) is 63.7 Å². The first-order chi connectivity index (χ1) is 23.8. The number of amides is 2. The molecule has 1 saturated heterocycles. The molecule has 252 valence electrons. The fourth-order valence-electron chi connectivity index (χ4n) is 13.0. The normalized spacial score (nSPS) is 38.7. The van der Waals surface area contributed by atoms with Gasteiger partial charge in [0.15, 0.2) is 5.82 Å². The van der Waals surface area contributed by atoms with Gasteiger partial charge in [-0.25, -0.2) is 9.97 Å². The third kappa shape index (κ3) is 3.08. The summed E-state index contributed by atoms with van der Waals surface area (Å²) in [6, 6.07) is 10.4. The molecule has 4 aromatic rings. The number of likely N-dealkylation sites (tertiary alicyclic amines) is 1. The Labute approximate surface area is 284 Å². The highest BCUT2D eigenvalue weighted by Crippen LogP contribution is 3.05. The number of hydrogen-bond donors (Lipinski definition) is 2. The number of fused-ring (bicyclic) bond motifs is 4. The molecule has 10 heteroatoms. The fraction of sp³-hybridized carbons (Fsp3) is 0.590. The van der Waals surface area contributed by atoms with Gasteiger partial charge in [-0.2, -0.15) is 0 Å². The molecular weight excluding hydrogens is 614 g/mol. The van der Waals surface area contributed by atoms with E-state index in [1.807, 2.05) is 24.1 Å². The minimum absolute atomic E-state index is 0.00809. The summed E-state index contributed by atoms with van der Waals surface area (Å²) in [5, 5.41) is 4.48. The first-order valence-electron chi connectivity index (χ1n) is 18.7. The Morgan fingerprint density at radius 2 is 1.82 bits per heavy atom. The van der Waals surface area contributed by atoms with E-state index in [2.05, 4.69) is 39.6 Å². The number of hydrogen-bond acceptors (Lipinski definition) is 6. The van der Waals surface area contributed by atoms with Crippen LogP contribution in [0, 0.1) is 58.7 Å². The SMILES string of the molecule is COc1cc(C(=O)N2C[C@H](N)[C@H]3CC[C@@H]2C3)cc2nc(-c3cc4ccc([C@@H](C)NC(=O)C56C7C8C9C7C5C9C86)nc4n3CC3CC3)n(C)c12. The number of carbonyl (C=O) groups excluding carboxylic acids is 2. The predicted molar refractivity (Wildman–Crippen MR) is 182 cm³/mol. The van der Waals surface area contributed by atoms with Crippen LogP contribution in [-0.2, 0) is 18.4 Å². The van der Waals surface area contributed by atoms with Crippen molar-refractivity contribution in [1.29, 1.82) is 0 Å². The monoisotopic (exact) mass is 657 g/mol. The maximum absolute atomic E-state index is 13.9. The quantitative estimate of drug-likeness (QED) is 0.288. The van der Waals surface area contributed by atoms with Gasteiger partial charge in [-0.3, -0.25) is 9.59 Å². The van der Waals surface area contributed by atoms with Crippen molar-refractivity contribution in [1.82, 2.24) is 29.3 Å². The van der Waals surface area contributed by atoms with Gasteiger partial charge in [-0.1, -0.05) is 0 Å². The van der Waals surface area contributed by atoms with Gasteiger partial charge in [0, 0.05) is 43.2 Å². The molecule has 0 spiro atoms. The third-order valence-electron chi connectivity index (χ3n) is 15.4. The highest BCUT2D eigenvalue weighted by molar-refractivity contribution is 6.00. The molecule has 4 heterocycles. The van der Waals surface area contributed by atoms with E-state index in [1.165, 1.54) is 12.8 Å². The summed E-state index contributed by atoms with van der Waals surface area (Å²) in [7, 11) is 3.68. The second-order valence-corrected chi connectivity index (χ2v) is 17.1. The Morgan fingerprint density at radius 1 is 1.04 bits per heavy atom. The number of nitrogens with two attached hydrogens (primary N) is 1. The van der Waals surface area contributed by atoms with Gasteiger partial charge in [0.05, 0.1) is 35.5 Å². The molecule has 8 aliphatic carbocycles. The number of aromatic nitrogens is 4. The van der Waals surface area contributed by atoms with Crippen LogP contribution in [0.5, 0.6) is 5.75 Å². The molecule has 9 fully saturated rings. The standard InChI is InChI=1S/C39H43N7O3/c1-16(41-38(48)39-31-28-27-29(31)33(39)30(27)32(28)39)23-9-7-19-12-25(46(35(19)42-23)14-17-4-5-17)36-43-24-11-20(13-26(49-3)34(24)44(36)2)37(47)45-15-22(40)18-6-8-21(45)10-18/h7,9,11-13,16-18,21-22,27-33H,4-6,8,10,14-15,40H2,1-3H3,(H,41,48)/t16-,18+,21-,22+,27?,28?,29?,30?,31?,32?,33?,39?/m1/s1. The van der Waals surface area contributed by atoms with E-state index in [1.54, 1.807) is 7.11 Å². The van der Waals surface area contributed by atoms with Crippen molar-refractivity contribution in [2.75, 3.05) is 13.7 Å². The zero-order valence-corrected chi connectivity index (χ0v) is 28.3. The predicted octanol–water partition coefficient (Wildman–Crippen LogP) is 4.51. The lowest BCUT2D eigenvalue weighted by Gasteiger charge is -3.06. The van der Waals surface area contributed by atoms with Crippen LogP contribution in [0.1, 0.15) is 61.1 Å². The number of nitrogens with zero attached hydrogens (tertiary/aromatic N) is 5. The zero-order chi connectivity index (χ0) is 32.8. The van der Waals surface area contributed by atoms with Crippen molar-refractivity contribution in [3.8, 4) is 17.3 Å². The first kappa shape index (κ1) is 27.9. The molecule has 1 aromatic carbocycles. The number of nitrogens with one attached hydrogen (secondary N) is 1. The molecule has 8 saturated carbocycles. The molecule has 3 N–H and O–H groups in total. The van der Waals surface area contributed by atoms with Gasteiger partial charge in [0.2, 0.25) is 5.91 Å². The van der Waals surface area contributed by atoms with Crippen LogP contribution in [0.2, 0.25) is 0 Å². The fourth-order valence-corrected chi connectivity index (χ4v) is 13.0. The van der Waals surface area contributed by atoms with Gasteiger partial charge < -0.3 is 29.8 Å². The molecule has 10 nitrogen and oxygen atoms in total. The van der Waals surface area contributed by atoms with Gasteiger partial charge in [-0.15, -0.1) is 0 Å². The van der Waals surface area contributed by atoms with E-state index in [-0.39, 0.29) is 29.4 Å². The van der Waals surface area contributed by atoms with E-state index in [0.717, 1.165) is 88.8 Å². The minimum Gasteiger partial charge on any atom is -0.494 e. The summed E-state index contributed by atoms with van der Waals surface area (Å²) in [5.74, 6) is 8.64. The van der Waals surface area contributed by atoms with Gasteiger partial charge in [0.1, 0.15) is 16.9 Å². The summed E-state index contributed by atoms with van der Waals surface area (Å²) in [4.78, 5) is 40.0. The summed E-state index contributed by atoms with van der Waals surface area (Å²) in [6.45, 7) is 3.56. The Kier molecular flexibility index (Phi) is 5.04. The van der Waals surface area contributed by atoms with Crippen LogP contribution in [0.15, 0.2) is 30.3 Å². The number of piperidine rings is 1. The van der Waals surface area contributed by atoms with E-state index in [9.17, 15) is 9.59 Å². The van der Waals surface area contributed by atoms with E-state index in [0.29, 0.717) is 53.4 Å². The number of rotatable bonds is 8. The number of aryl methyl sites for hydroxylation is 1. The Bertz CT molecular complexity index is 2130. The lowest BCUT2D eigenvalue weighted by molar-refractivity contribution is -0.596. The highest BCUT2D eigenvalue weighted by atomic mass is 16.5. The van der Waals surface area contributed by atoms with Crippen LogP contribution in [0.25, 0.3) is 33.6 Å². The van der Waals surface area contributed by atoms with Crippen molar-refractivity contribution < 1.29 is 14.3 Å². The van der Waals surface area contributed by atoms with E-state index >= 15 is 0 Å². The maximum Gasteiger partial charge on any atom is 0.254 e. The Morgan fingerprint density at radius 3 is 2.55 bits per heavy atom. The number of carbonyl (C=O) groups is 2. The van der Waals surface area contributed by atoms with Gasteiger partial charge >= 0.3 is 0 Å². The van der Waals surface area contributed by atoms with Crippen LogP contribution in [0.4, 0.5) is 0 Å². The van der Waals surface area contributed by atoms with E-state index < -0.39 is 0 Å². The lowest BCUT2D eigenvalue weighted by atomic mass is 8.96. The molecule has 0 radical (unpaired) electrons.